The number of ether oxygens (including phenoxy) is 2. The highest BCUT2D eigenvalue weighted by Gasteiger charge is 2.34. The third-order valence-electron chi connectivity index (χ3n) is 7.21. The Labute approximate surface area is 246 Å². The number of fused-ring (bicyclic) bond motifs is 1. The molecule has 0 spiro atoms. The van der Waals surface area contributed by atoms with Crippen LogP contribution in [-0.4, -0.2) is 11.0 Å². The summed E-state index contributed by atoms with van der Waals surface area (Å²) in [4.78, 5) is 0. The summed E-state index contributed by atoms with van der Waals surface area (Å²) in [7, 11) is 0. The predicted molar refractivity (Wildman–Crippen MR) is 156 cm³/mol. The van der Waals surface area contributed by atoms with Crippen LogP contribution in [0.3, 0.4) is 0 Å². The molecule has 1 aliphatic carbocycles. The SMILES string of the molecule is N/N=C(\NN)c1ccc2c(c1)CCC(c1ccc(OCc3c(-c4c(Cl)cccc4Cl)noc3C3CC3)cc1Cl)O2. The lowest BCUT2D eigenvalue weighted by molar-refractivity contribution is 0.176. The van der Waals surface area contributed by atoms with Crippen molar-refractivity contribution in [3.05, 3.63) is 97.7 Å². The Bertz CT molecular complexity index is 1580. The van der Waals surface area contributed by atoms with Crippen molar-refractivity contribution < 1.29 is 14.0 Å². The lowest BCUT2D eigenvalue weighted by atomic mass is 9.96. The van der Waals surface area contributed by atoms with Crippen LogP contribution in [0.15, 0.2) is 64.2 Å². The van der Waals surface area contributed by atoms with Crippen molar-refractivity contribution in [2.45, 2.75) is 44.3 Å². The van der Waals surface area contributed by atoms with Crippen molar-refractivity contribution in [3.8, 4) is 22.8 Å². The van der Waals surface area contributed by atoms with Crippen molar-refractivity contribution in [2.75, 3.05) is 0 Å². The smallest absolute Gasteiger partial charge is 0.166 e. The van der Waals surface area contributed by atoms with E-state index in [0.29, 0.717) is 43.8 Å². The fourth-order valence-corrected chi connectivity index (χ4v) is 5.88. The van der Waals surface area contributed by atoms with Crippen molar-refractivity contribution in [3.63, 3.8) is 0 Å². The van der Waals surface area contributed by atoms with E-state index in [0.717, 1.165) is 59.4 Å². The van der Waals surface area contributed by atoms with Crippen LogP contribution in [0.1, 0.15) is 59.3 Å². The van der Waals surface area contributed by atoms with Gasteiger partial charge in [0.05, 0.1) is 20.6 Å². The maximum absolute atomic E-state index is 6.74. The number of nitrogens with two attached hydrogens (primary N) is 2. The van der Waals surface area contributed by atoms with Gasteiger partial charge in [-0.1, -0.05) is 52.1 Å². The zero-order chi connectivity index (χ0) is 27.8. The number of halogens is 3. The van der Waals surface area contributed by atoms with E-state index >= 15 is 0 Å². The standard InChI is InChI=1S/C29H26Cl3N5O3/c30-21-2-1-3-22(31)26(21)27-20(28(40-37-27)15-4-5-15)14-38-18-8-9-19(23(32)13-18)25-11-6-16-12-17(29(35-33)36-34)7-10-24(16)39-25/h1-3,7-10,12-13,15,25H,4-6,11,14,33-34H2,(H,35,36). The highest BCUT2D eigenvalue weighted by molar-refractivity contribution is 6.39. The summed E-state index contributed by atoms with van der Waals surface area (Å²) in [5, 5.41) is 9.58. The largest absolute Gasteiger partial charge is 0.489 e. The average molecular weight is 599 g/mol. The number of nitrogens with one attached hydrogen (secondary N) is 1. The average Bonchev–Trinajstić information content (AvgIpc) is 3.72. The number of hydrogen-bond acceptors (Lipinski definition) is 7. The van der Waals surface area contributed by atoms with E-state index in [1.54, 1.807) is 18.2 Å². The van der Waals surface area contributed by atoms with Gasteiger partial charge in [-0.3, -0.25) is 0 Å². The van der Waals surface area contributed by atoms with Gasteiger partial charge in [-0.2, -0.15) is 5.10 Å². The van der Waals surface area contributed by atoms with Crippen LogP contribution in [0, 0.1) is 0 Å². The Balaban J connectivity index is 1.20. The highest BCUT2D eigenvalue weighted by atomic mass is 35.5. The first-order valence-corrected chi connectivity index (χ1v) is 14.0. The number of rotatable bonds is 7. The zero-order valence-corrected chi connectivity index (χ0v) is 23.6. The second-order valence-electron chi connectivity index (χ2n) is 9.81. The number of amidine groups is 1. The molecule has 11 heteroatoms. The number of benzene rings is 3. The third-order valence-corrected chi connectivity index (χ3v) is 8.17. The van der Waals surface area contributed by atoms with Crippen LogP contribution >= 0.6 is 34.8 Å². The zero-order valence-electron chi connectivity index (χ0n) is 21.3. The van der Waals surface area contributed by atoms with Gasteiger partial charge < -0.3 is 25.3 Å². The summed E-state index contributed by atoms with van der Waals surface area (Å²) in [5.74, 6) is 13.9. The van der Waals surface area contributed by atoms with Gasteiger partial charge in [0.15, 0.2) is 5.84 Å². The molecule has 0 amide bonds. The first kappa shape index (κ1) is 26.8. The molecule has 2 aliphatic rings. The minimum atomic E-state index is -0.191. The summed E-state index contributed by atoms with van der Waals surface area (Å²) >= 11 is 19.7. The maximum atomic E-state index is 6.74. The molecular formula is C29H26Cl3N5O3. The van der Waals surface area contributed by atoms with Gasteiger partial charge in [-0.05, 0) is 73.7 Å². The van der Waals surface area contributed by atoms with Gasteiger partial charge in [0.1, 0.15) is 35.7 Å². The van der Waals surface area contributed by atoms with Crippen LogP contribution < -0.4 is 26.6 Å². The molecule has 8 nitrogen and oxygen atoms in total. The molecule has 1 saturated carbocycles. The Hall–Kier alpha value is -3.43. The van der Waals surface area contributed by atoms with Gasteiger partial charge in [0.2, 0.25) is 0 Å². The number of nitrogens with zero attached hydrogens (tertiary/aromatic N) is 2. The fourth-order valence-electron chi connectivity index (χ4n) is 5.01. The van der Waals surface area contributed by atoms with Crippen LogP contribution in [0.4, 0.5) is 0 Å². The Morgan fingerprint density at radius 2 is 1.82 bits per heavy atom. The highest BCUT2D eigenvalue weighted by Crippen LogP contribution is 2.46. The number of aryl methyl sites for hydroxylation is 1. The van der Waals surface area contributed by atoms with E-state index in [1.807, 2.05) is 36.4 Å². The van der Waals surface area contributed by atoms with Gasteiger partial charge in [0, 0.05) is 22.6 Å². The van der Waals surface area contributed by atoms with E-state index in [2.05, 4.69) is 15.7 Å². The first-order chi connectivity index (χ1) is 19.5. The molecule has 6 rings (SSSR count). The topological polar surface area (TPSA) is 121 Å². The van der Waals surface area contributed by atoms with Gasteiger partial charge in [-0.15, -0.1) is 0 Å². The number of aromatic nitrogens is 1. The van der Waals surface area contributed by atoms with E-state index < -0.39 is 0 Å². The normalized spacial score (nSPS) is 16.8. The molecule has 4 aromatic rings. The molecule has 0 bridgehead atoms. The molecule has 206 valence electrons. The van der Waals surface area contributed by atoms with Crippen LogP contribution in [0.25, 0.3) is 11.3 Å². The second-order valence-corrected chi connectivity index (χ2v) is 11.0. The molecular weight excluding hydrogens is 573 g/mol. The van der Waals surface area contributed by atoms with Gasteiger partial charge in [0.25, 0.3) is 0 Å². The van der Waals surface area contributed by atoms with Crippen molar-refractivity contribution in [2.24, 2.45) is 16.8 Å². The molecule has 2 heterocycles. The Morgan fingerprint density at radius 1 is 1.02 bits per heavy atom. The molecule has 1 unspecified atom stereocenters. The summed E-state index contributed by atoms with van der Waals surface area (Å²) in [6.45, 7) is 0.239. The minimum absolute atomic E-state index is 0.191. The van der Waals surface area contributed by atoms with Crippen LogP contribution in [-0.2, 0) is 13.0 Å². The maximum Gasteiger partial charge on any atom is 0.166 e. The molecule has 0 radical (unpaired) electrons. The van der Waals surface area contributed by atoms with Crippen molar-refractivity contribution in [1.82, 2.24) is 10.6 Å². The number of hydrazine groups is 1. The lowest BCUT2D eigenvalue weighted by Gasteiger charge is -2.27. The fraction of sp³-hybridized carbons (Fsp3) is 0.241. The van der Waals surface area contributed by atoms with Crippen LogP contribution in [0.5, 0.6) is 11.5 Å². The Morgan fingerprint density at radius 3 is 2.52 bits per heavy atom. The van der Waals surface area contributed by atoms with E-state index in [9.17, 15) is 0 Å². The van der Waals surface area contributed by atoms with E-state index in [-0.39, 0.29) is 12.7 Å². The molecule has 3 aromatic carbocycles. The summed E-state index contributed by atoms with van der Waals surface area (Å²) in [6, 6.07) is 16.7. The molecule has 0 saturated heterocycles. The molecule has 1 atom stereocenters. The van der Waals surface area contributed by atoms with Gasteiger partial charge in [-0.25, -0.2) is 5.84 Å². The Kier molecular flexibility index (Phi) is 7.51. The van der Waals surface area contributed by atoms with Crippen LogP contribution in [0.2, 0.25) is 15.1 Å². The lowest BCUT2D eigenvalue weighted by Crippen LogP contribution is -2.32. The summed E-state index contributed by atoms with van der Waals surface area (Å²) in [6.07, 6.45) is 3.47. The molecule has 1 aromatic heterocycles. The molecule has 1 fully saturated rings. The quantitative estimate of drug-likeness (QED) is 0.0915. The van der Waals surface area contributed by atoms with E-state index in [4.69, 9.17) is 60.5 Å². The monoisotopic (exact) mass is 597 g/mol. The van der Waals surface area contributed by atoms with Crippen molar-refractivity contribution >= 4 is 40.6 Å². The van der Waals surface area contributed by atoms with Crippen molar-refractivity contribution in [1.29, 1.82) is 0 Å². The first-order valence-electron chi connectivity index (χ1n) is 12.9. The molecule has 1 aliphatic heterocycles. The number of hydrazone groups is 1. The number of hydrogen-bond donors (Lipinski definition) is 3. The summed E-state index contributed by atoms with van der Waals surface area (Å²) < 4.78 is 18.2. The third kappa shape index (κ3) is 5.20. The summed E-state index contributed by atoms with van der Waals surface area (Å²) in [5.41, 5.74) is 7.33. The minimum Gasteiger partial charge on any atom is -0.489 e. The molecule has 5 N–H and O–H groups in total. The second kappa shape index (κ2) is 11.2. The van der Waals surface area contributed by atoms with E-state index in [1.165, 1.54) is 0 Å². The predicted octanol–water partition coefficient (Wildman–Crippen LogP) is 6.91. The van der Waals surface area contributed by atoms with Gasteiger partial charge >= 0.3 is 0 Å². The molecule has 40 heavy (non-hydrogen) atoms.